The minimum absolute atomic E-state index is 0.206. The lowest BCUT2D eigenvalue weighted by molar-refractivity contribution is -0.113. The van der Waals surface area contributed by atoms with E-state index in [4.69, 9.17) is 0 Å². The summed E-state index contributed by atoms with van der Waals surface area (Å²) in [5.74, 6) is -0.206. The Morgan fingerprint density at radius 1 is 0.844 bits per heavy atom. The lowest BCUT2D eigenvalue weighted by Gasteiger charge is -2.23. The molecule has 158 valence electrons. The predicted octanol–water partition coefficient (Wildman–Crippen LogP) is 6.81. The lowest BCUT2D eigenvalue weighted by Crippen LogP contribution is -2.21. The number of nitrogens with zero attached hydrogens (tertiary/aromatic N) is 3. The number of fused-ring (bicyclic) bond motifs is 1. The quantitative estimate of drug-likeness (QED) is 0.404. The number of hydrogen-bond acceptors (Lipinski definition) is 5. The minimum Gasteiger partial charge on any atom is -0.335 e. The summed E-state index contributed by atoms with van der Waals surface area (Å²) in [7, 11) is 0. The fourth-order valence-corrected chi connectivity index (χ4v) is 5.71. The first-order chi connectivity index (χ1) is 15.7. The fourth-order valence-electron chi connectivity index (χ4n) is 3.68. The van der Waals surface area contributed by atoms with Crippen LogP contribution in [0.1, 0.15) is 6.92 Å². The molecule has 0 atom stereocenters. The molecule has 0 spiro atoms. The SMILES string of the molecule is CCN1/C(=C\C=C2\SC(N(c3ccccc3)c3ccccc3)=NC2=O)Sc2ccccc21. The molecule has 0 unspecified atom stereocenters. The molecule has 32 heavy (non-hydrogen) atoms. The van der Waals surface area contributed by atoms with E-state index >= 15 is 0 Å². The van der Waals surface area contributed by atoms with E-state index in [1.54, 1.807) is 11.8 Å². The average molecular weight is 456 g/mol. The highest BCUT2D eigenvalue weighted by Crippen LogP contribution is 2.46. The number of carbonyl (C=O) groups excluding carboxylic acids is 1. The summed E-state index contributed by atoms with van der Waals surface area (Å²) in [6.07, 6.45) is 3.93. The molecule has 0 N–H and O–H groups in total. The molecule has 5 rings (SSSR count). The van der Waals surface area contributed by atoms with Crippen molar-refractivity contribution in [1.29, 1.82) is 0 Å². The zero-order valence-electron chi connectivity index (χ0n) is 17.5. The number of amides is 1. The molecule has 0 saturated carbocycles. The van der Waals surface area contributed by atoms with Gasteiger partial charge < -0.3 is 4.90 Å². The maximum absolute atomic E-state index is 12.8. The topological polar surface area (TPSA) is 35.9 Å². The van der Waals surface area contributed by atoms with E-state index in [-0.39, 0.29) is 5.91 Å². The third-order valence-electron chi connectivity index (χ3n) is 5.16. The molecule has 3 aromatic carbocycles. The maximum atomic E-state index is 12.8. The molecule has 6 heteroatoms. The second-order valence-corrected chi connectivity index (χ2v) is 9.23. The number of hydrogen-bond donors (Lipinski definition) is 0. The van der Waals surface area contributed by atoms with Crippen molar-refractivity contribution in [2.45, 2.75) is 11.8 Å². The molecule has 0 bridgehead atoms. The fraction of sp³-hybridized carbons (Fsp3) is 0.0769. The Labute approximate surface area is 196 Å². The third kappa shape index (κ3) is 3.99. The minimum atomic E-state index is -0.206. The van der Waals surface area contributed by atoms with Crippen molar-refractivity contribution in [1.82, 2.24) is 0 Å². The van der Waals surface area contributed by atoms with Gasteiger partial charge in [0.1, 0.15) is 0 Å². The van der Waals surface area contributed by atoms with Gasteiger partial charge in [-0.3, -0.25) is 9.69 Å². The van der Waals surface area contributed by atoms with Crippen LogP contribution in [0.2, 0.25) is 0 Å². The van der Waals surface area contributed by atoms with Crippen LogP contribution in [0.5, 0.6) is 0 Å². The largest absolute Gasteiger partial charge is 0.335 e. The van der Waals surface area contributed by atoms with E-state index in [1.807, 2.05) is 77.7 Å². The number of anilines is 3. The van der Waals surface area contributed by atoms with Gasteiger partial charge in [-0.05, 0) is 67.2 Å². The van der Waals surface area contributed by atoms with Crippen molar-refractivity contribution in [3.63, 3.8) is 0 Å². The van der Waals surface area contributed by atoms with Gasteiger partial charge >= 0.3 is 0 Å². The number of rotatable bonds is 4. The summed E-state index contributed by atoms with van der Waals surface area (Å²) >= 11 is 3.14. The highest BCUT2D eigenvalue weighted by atomic mass is 32.2. The van der Waals surface area contributed by atoms with Crippen LogP contribution < -0.4 is 9.80 Å². The van der Waals surface area contributed by atoms with Crippen LogP contribution in [0, 0.1) is 0 Å². The summed E-state index contributed by atoms with van der Waals surface area (Å²) in [6, 6.07) is 28.4. The summed E-state index contributed by atoms with van der Waals surface area (Å²) in [5, 5.41) is 1.78. The van der Waals surface area contributed by atoms with Crippen molar-refractivity contribution >= 4 is 51.7 Å². The first kappa shape index (κ1) is 20.7. The predicted molar refractivity (Wildman–Crippen MR) is 137 cm³/mol. The molecule has 2 heterocycles. The molecule has 0 aliphatic carbocycles. The van der Waals surface area contributed by atoms with Gasteiger partial charge in [-0.25, -0.2) is 0 Å². The van der Waals surface area contributed by atoms with E-state index in [9.17, 15) is 4.79 Å². The standard InChI is InChI=1S/C26H21N3OS2/c1-2-28-21-15-9-10-16-22(21)31-24(28)18-17-23-25(30)27-26(32-23)29(19-11-5-3-6-12-19)20-13-7-4-8-14-20/h3-18H,2H2,1H3/b23-17+,24-18+. The molecule has 2 aliphatic rings. The zero-order valence-corrected chi connectivity index (χ0v) is 19.1. The Hall–Kier alpha value is -3.22. The molecule has 0 fully saturated rings. The molecule has 2 aliphatic heterocycles. The number of allylic oxidation sites excluding steroid dienone is 2. The van der Waals surface area contributed by atoms with Crippen LogP contribution in [-0.4, -0.2) is 17.6 Å². The molecule has 1 amide bonds. The molecule has 3 aromatic rings. The van der Waals surface area contributed by atoms with Crippen LogP contribution in [0.15, 0.2) is 117 Å². The Kier molecular flexibility index (Phi) is 5.88. The third-order valence-corrected chi connectivity index (χ3v) is 7.28. The molecular weight excluding hydrogens is 434 g/mol. The number of benzene rings is 3. The van der Waals surface area contributed by atoms with Crippen LogP contribution in [-0.2, 0) is 4.79 Å². The van der Waals surface area contributed by atoms with Crippen LogP contribution in [0.25, 0.3) is 0 Å². The van der Waals surface area contributed by atoms with E-state index in [1.165, 1.54) is 22.3 Å². The monoisotopic (exact) mass is 455 g/mol. The van der Waals surface area contributed by atoms with Crippen molar-refractivity contribution < 1.29 is 4.79 Å². The number of thioether (sulfide) groups is 2. The first-order valence-electron chi connectivity index (χ1n) is 10.4. The van der Waals surface area contributed by atoms with Gasteiger partial charge in [0.05, 0.1) is 15.6 Å². The first-order valence-corrected chi connectivity index (χ1v) is 12.1. The number of carbonyl (C=O) groups is 1. The summed E-state index contributed by atoms with van der Waals surface area (Å²) in [6.45, 7) is 3.01. The van der Waals surface area contributed by atoms with E-state index in [0.717, 1.165) is 22.9 Å². The van der Waals surface area contributed by atoms with E-state index in [0.29, 0.717) is 10.1 Å². The highest BCUT2D eigenvalue weighted by molar-refractivity contribution is 8.18. The maximum Gasteiger partial charge on any atom is 0.286 e. The Morgan fingerprint density at radius 2 is 1.47 bits per heavy atom. The van der Waals surface area contributed by atoms with Gasteiger partial charge in [0.2, 0.25) is 0 Å². The zero-order chi connectivity index (χ0) is 21.9. The second kappa shape index (κ2) is 9.10. The number of amidine groups is 1. The van der Waals surface area contributed by atoms with Gasteiger partial charge in [-0.15, -0.1) is 0 Å². The summed E-state index contributed by atoms with van der Waals surface area (Å²) < 4.78 is 0. The van der Waals surface area contributed by atoms with Crippen molar-refractivity contribution in [2.24, 2.45) is 4.99 Å². The van der Waals surface area contributed by atoms with Gasteiger partial charge in [0, 0.05) is 22.8 Å². The molecule has 4 nitrogen and oxygen atoms in total. The number of para-hydroxylation sites is 3. The lowest BCUT2D eigenvalue weighted by atomic mass is 10.2. The second-order valence-electron chi connectivity index (χ2n) is 7.16. The van der Waals surface area contributed by atoms with Crippen molar-refractivity contribution in [3.05, 3.63) is 107 Å². The molecule has 0 saturated heterocycles. The average Bonchev–Trinajstić information content (AvgIpc) is 3.38. The van der Waals surface area contributed by atoms with E-state index in [2.05, 4.69) is 41.1 Å². The number of aliphatic imine (C=N–C) groups is 1. The van der Waals surface area contributed by atoms with Crippen molar-refractivity contribution in [3.8, 4) is 0 Å². The van der Waals surface area contributed by atoms with Crippen molar-refractivity contribution in [2.75, 3.05) is 16.3 Å². The van der Waals surface area contributed by atoms with Crippen LogP contribution >= 0.6 is 23.5 Å². The summed E-state index contributed by atoms with van der Waals surface area (Å²) in [4.78, 5) is 23.3. The van der Waals surface area contributed by atoms with Crippen LogP contribution in [0.3, 0.4) is 0 Å². The van der Waals surface area contributed by atoms with Gasteiger partial charge in [-0.1, -0.05) is 60.3 Å². The molecule has 0 aromatic heterocycles. The molecule has 0 radical (unpaired) electrons. The van der Waals surface area contributed by atoms with Gasteiger partial charge in [-0.2, -0.15) is 4.99 Å². The Morgan fingerprint density at radius 3 is 2.12 bits per heavy atom. The Bertz CT molecular complexity index is 1200. The normalized spacial score (nSPS) is 17.7. The molecular formula is C26H21N3OS2. The highest BCUT2D eigenvalue weighted by Gasteiger charge is 2.28. The smallest absolute Gasteiger partial charge is 0.286 e. The van der Waals surface area contributed by atoms with Crippen LogP contribution in [0.4, 0.5) is 17.1 Å². The summed E-state index contributed by atoms with van der Waals surface area (Å²) in [5.41, 5.74) is 3.15. The Balaban J connectivity index is 1.43. The van der Waals surface area contributed by atoms with Gasteiger partial charge in [0.15, 0.2) is 5.17 Å². The van der Waals surface area contributed by atoms with Gasteiger partial charge in [0.25, 0.3) is 5.91 Å². The van der Waals surface area contributed by atoms with E-state index < -0.39 is 0 Å².